The molecule has 134 valence electrons. The van der Waals surface area contributed by atoms with Gasteiger partial charge >= 0.3 is 0 Å². The van der Waals surface area contributed by atoms with E-state index < -0.39 is 0 Å². The molecule has 0 atom stereocenters. The van der Waals surface area contributed by atoms with Crippen LogP contribution in [0.5, 0.6) is 5.75 Å². The van der Waals surface area contributed by atoms with Crippen LogP contribution in [-0.2, 0) is 11.2 Å². The number of benzene rings is 2. The van der Waals surface area contributed by atoms with Crippen LogP contribution < -0.4 is 10.1 Å². The smallest absolute Gasteiger partial charge is 0.275 e. The topological polar surface area (TPSA) is 50.7 Å². The van der Waals surface area contributed by atoms with Crippen molar-refractivity contribution in [1.29, 1.82) is 0 Å². The Labute approximate surface area is 152 Å². The molecule has 1 aliphatic rings. The van der Waals surface area contributed by atoms with E-state index in [2.05, 4.69) is 10.3 Å². The molecule has 0 aliphatic carbocycles. The van der Waals surface area contributed by atoms with E-state index in [-0.39, 0.29) is 17.8 Å². The Bertz CT molecular complexity index is 855. The molecule has 1 N–H and O–H groups in total. The number of hydrogen-bond acceptors (Lipinski definition) is 3. The Morgan fingerprint density at radius 2 is 1.92 bits per heavy atom. The monoisotopic (exact) mass is 352 g/mol. The van der Waals surface area contributed by atoms with Gasteiger partial charge in [-0.25, -0.2) is 9.38 Å². The van der Waals surface area contributed by atoms with E-state index in [1.165, 1.54) is 12.1 Å². The molecule has 3 rings (SSSR count). The number of carbonyl (C=O) groups is 1. The van der Waals surface area contributed by atoms with E-state index in [1.54, 1.807) is 12.1 Å². The minimum absolute atomic E-state index is 0.116. The zero-order valence-corrected chi connectivity index (χ0v) is 14.8. The fourth-order valence-corrected chi connectivity index (χ4v) is 2.66. The zero-order chi connectivity index (χ0) is 18.5. The Hall–Kier alpha value is -2.95. The van der Waals surface area contributed by atoms with Crippen molar-refractivity contribution < 1.29 is 13.9 Å². The van der Waals surface area contributed by atoms with Crippen LogP contribution in [0.4, 0.5) is 4.39 Å². The highest BCUT2D eigenvalue weighted by atomic mass is 19.1. The van der Waals surface area contributed by atoms with Crippen molar-refractivity contribution >= 4 is 17.8 Å². The van der Waals surface area contributed by atoms with Crippen LogP contribution in [0, 0.1) is 5.82 Å². The lowest BCUT2D eigenvalue weighted by atomic mass is 10.1. The summed E-state index contributed by atoms with van der Waals surface area (Å²) in [6, 6.07) is 14.0. The lowest BCUT2D eigenvalue weighted by Gasteiger charge is -2.09. The van der Waals surface area contributed by atoms with Crippen LogP contribution in [-0.4, -0.2) is 17.8 Å². The van der Waals surface area contributed by atoms with Crippen molar-refractivity contribution in [2.45, 2.75) is 32.8 Å². The molecule has 0 radical (unpaired) electrons. The number of nitrogens with zero attached hydrogens (tertiary/aromatic N) is 1. The number of amides is 1. The highest BCUT2D eigenvalue weighted by molar-refractivity contribution is 6.14. The summed E-state index contributed by atoms with van der Waals surface area (Å²) in [5.74, 6) is 0.912. The van der Waals surface area contributed by atoms with E-state index in [0.717, 1.165) is 16.9 Å². The number of rotatable bonds is 6. The van der Waals surface area contributed by atoms with Gasteiger partial charge in [0.15, 0.2) is 0 Å². The predicted octanol–water partition coefficient (Wildman–Crippen LogP) is 4.11. The molecule has 0 unspecified atom stereocenters. The van der Waals surface area contributed by atoms with Gasteiger partial charge in [-0.15, -0.1) is 0 Å². The minimum Gasteiger partial charge on any atom is -0.491 e. The van der Waals surface area contributed by atoms with E-state index in [0.29, 0.717) is 24.4 Å². The molecule has 0 saturated carbocycles. The van der Waals surface area contributed by atoms with Crippen LogP contribution in [0.2, 0.25) is 0 Å². The second kappa shape index (κ2) is 7.95. The number of carbonyl (C=O) groups excluding carboxylic acids is 1. The van der Waals surface area contributed by atoms with Crippen molar-refractivity contribution in [2.75, 3.05) is 0 Å². The lowest BCUT2D eigenvalue weighted by molar-refractivity contribution is -0.115. The summed E-state index contributed by atoms with van der Waals surface area (Å²) in [5, 5.41) is 2.77. The van der Waals surface area contributed by atoms with Gasteiger partial charge in [-0.2, -0.15) is 0 Å². The van der Waals surface area contributed by atoms with E-state index in [4.69, 9.17) is 4.74 Å². The number of amidine groups is 1. The van der Waals surface area contributed by atoms with Gasteiger partial charge in [0.1, 0.15) is 23.1 Å². The first-order chi connectivity index (χ1) is 12.5. The number of hydrogen-bond donors (Lipinski definition) is 1. The fraction of sp³-hybridized carbons (Fsp3) is 0.238. The molecular formula is C21H21FN2O2. The highest BCUT2D eigenvalue weighted by Crippen LogP contribution is 2.18. The number of aliphatic imine (C=N–C) groups is 1. The Kier molecular flexibility index (Phi) is 5.46. The summed E-state index contributed by atoms with van der Waals surface area (Å²) in [5.41, 5.74) is 2.12. The molecule has 0 aromatic heterocycles. The number of aryl methyl sites for hydroxylation is 1. The summed E-state index contributed by atoms with van der Waals surface area (Å²) in [6.07, 6.45) is 3.02. The highest BCUT2D eigenvalue weighted by Gasteiger charge is 2.19. The van der Waals surface area contributed by atoms with Gasteiger partial charge in [-0.3, -0.25) is 4.79 Å². The largest absolute Gasteiger partial charge is 0.491 e. The molecule has 26 heavy (non-hydrogen) atoms. The summed E-state index contributed by atoms with van der Waals surface area (Å²) in [6.45, 7) is 3.94. The molecule has 0 fully saturated rings. The minimum atomic E-state index is -0.259. The first-order valence-electron chi connectivity index (χ1n) is 8.61. The van der Waals surface area contributed by atoms with Gasteiger partial charge in [-0.1, -0.05) is 24.3 Å². The molecule has 2 aromatic carbocycles. The quantitative estimate of drug-likeness (QED) is 0.795. The summed E-state index contributed by atoms with van der Waals surface area (Å²) in [7, 11) is 0. The van der Waals surface area contributed by atoms with E-state index in [1.807, 2.05) is 44.2 Å². The Morgan fingerprint density at radius 3 is 2.62 bits per heavy atom. The van der Waals surface area contributed by atoms with Crippen LogP contribution in [0.25, 0.3) is 6.08 Å². The molecule has 0 bridgehead atoms. The molecule has 5 heteroatoms. The summed E-state index contributed by atoms with van der Waals surface area (Å²) in [4.78, 5) is 16.5. The third kappa shape index (κ3) is 4.79. The molecule has 4 nitrogen and oxygen atoms in total. The van der Waals surface area contributed by atoms with Crippen LogP contribution in [0.15, 0.2) is 59.2 Å². The van der Waals surface area contributed by atoms with E-state index >= 15 is 0 Å². The van der Waals surface area contributed by atoms with Crippen molar-refractivity contribution in [3.05, 3.63) is 71.2 Å². The molecule has 2 aromatic rings. The maximum absolute atomic E-state index is 13.2. The molecule has 1 heterocycles. The lowest BCUT2D eigenvalue weighted by Crippen LogP contribution is -2.24. The molecule has 1 aliphatic heterocycles. The fourth-order valence-electron chi connectivity index (χ4n) is 2.66. The maximum Gasteiger partial charge on any atom is 0.275 e. The average molecular weight is 352 g/mol. The predicted molar refractivity (Wildman–Crippen MR) is 100 cm³/mol. The first kappa shape index (κ1) is 17.9. The number of halogens is 1. The SMILES string of the molecule is CC(C)Oc1ccc(/C=C2/N=C(CCc3cccc(F)c3)NC2=O)cc1. The van der Waals surface area contributed by atoms with Crippen LogP contribution in [0.1, 0.15) is 31.4 Å². The normalized spacial score (nSPS) is 15.3. The van der Waals surface area contributed by atoms with Gasteiger partial charge in [0.2, 0.25) is 0 Å². The number of nitrogens with one attached hydrogen (secondary N) is 1. The van der Waals surface area contributed by atoms with Crippen molar-refractivity contribution in [2.24, 2.45) is 4.99 Å². The standard InChI is InChI=1S/C21H21FN2O2/c1-14(2)26-18-9-6-16(7-10-18)13-19-21(25)24-20(23-19)11-8-15-4-3-5-17(22)12-15/h3-7,9-10,12-14H,8,11H2,1-2H3,(H,23,24,25)/b19-13+. The van der Waals surface area contributed by atoms with Crippen LogP contribution >= 0.6 is 0 Å². The van der Waals surface area contributed by atoms with Crippen molar-refractivity contribution in [3.63, 3.8) is 0 Å². The molecule has 1 amide bonds. The van der Waals surface area contributed by atoms with Gasteiger partial charge in [0.05, 0.1) is 6.10 Å². The van der Waals surface area contributed by atoms with Crippen molar-refractivity contribution in [3.8, 4) is 5.75 Å². The second-order valence-corrected chi connectivity index (χ2v) is 6.41. The van der Waals surface area contributed by atoms with Gasteiger partial charge in [0, 0.05) is 6.42 Å². The molecule has 0 saturated heterocycles. The van der Waals surface area contributed by atoms with Crippen LogP contribution in [0.3, 0.4) is 0 Å². The van der Waals surface area contributed by atoms with Gasteiger partial charge in [0.25, 0.3) is 5.91 Å². The third-order valence-corrected chi connectivity index (χ3v) is 3.84. The van der Waals surface area contributed by atoms with Gasteiger partial charge < -0.3 is 10.1 Å². The zero-order valence-electron chi connectivity index (χ0n) is 14.8. The van der Waals surface area contributed by atoms with E-state index in [9.17, 15) is 9.18 Å². The maximum atomic E-state index is 13.2. The molecule has 0 spiro atoms. The second-order valence-electron chi connectivity index (χ2n) is 6.41. The Morgan fingerprint density at radius 1 is 1.15 bits per heavy atom. The van der Waals surface area contributed by atoms with Gasteiger partial charge in [-0.05, 0) is 61.7 Å². The first-order valence-corrected chi connectivity index (χ1v) is 8.61. The average Bonchev–Trinajstić information content (AvgIpc) is 2.94. The third-order valence-electron chi connectivity index (χ3n) is 3.84. The summed E-state index contributed by atoms with van der Waals surface area (Å²) >= 11 is 0. The number of ether oxygens (including phenoxy) is 1. The Balaban J connectivity index is 1.66. The summed E-state index contributed by atoms with van der Waals surface area (Å²) < 4.78 is 18.8. The van der Waals surface area contributed by atoms with Crippen molar-refractivity contribution in [1.82, 2.24) is 5.32 Å². The molecular weight excluding hydrogens is 331 g/mol.